The molecule has 38 heavy (non-hydrogen) atoms. The summed E-state index contributed by atoms with van der Waals surface area (Å²) < 4.78 is 13.7. The van der Waals surface area contributed by atoms with E-state index in [0.717, 1.165) is 29.8 Å². The highest BCUT2D eigenvalue weighted by atomic mass is 32.2. The Morgan fingerprint density at radius 2 is 1.84 bits per heavy atom. The SMILES string of the molecule is Cc1ccc(C)c(CN2C(=O)c3ccccc3[S@](=O)c3ccc(C(=O)NCCN4CCCC[C@@H]4C)cc32)c1. The fourth-order valence-corrected chi connectivity index (χ4v) is 6.75. The van der Waals surface area contributed by atoms with Crippen LogP contribution in [-0.4, -0.2) is 46.6 Å². The van der Waals surface area contributed by atoms with Crippen molar-refractivity contribution in [1.82, 2.24) is 10.2 Å². The quantitative estimate of drug-likeness (QED) is 0.475. The molecule has 0 aromatic heterocycles. The third kappa shape index (κ3) is 5.31. The van der Waals surface area contributed by atoms with Crippen molar-refractivity contribution in [3.8, 4) is 0 Å². The fourth-order valence-electron chi connectivity index (χ4n) is 5.41. The van der Waals surface area contributed by atoms with E-state index in [-0.39, 0.29) is 11.8 Å². The van der Waals surface area contributed by atoms with Crippen molar-refractivity contribution >= 4 is 28.3 Å². The zero-order valence-corrected chi connectivity index (χ0v) is 23.1. The van der Waals surface area contributed by atoms with Gasteiger partial charge >= 0.3 is 0 Å². The number of hydrogen-bond acceptors (Lipinski definition) is 4. The molecule has 0 bridgehead atoms. The molecule has 3 aromatic rings. The molecule has 1 fully saturated rings. The summed E-state index contributed by atoms with van der Waals surface area (Å²) in [5, 5.41) is 3.05. The summed E-state index contributed by atoms with van der Waals surface area (Å²) in [7, 11) is -1.55. The van der Waals surface area contributed by atoms with Gasteiger partial charge in [-0.25, -0.2) is 4.21 Å². The van der Waals surface area contributed by atoms with E-state index in [9.17, 15) is 13.8 Å². The summed E-state index contributed by atoms with van der Waals surface area (Å²) in [6.07, 6.45) is 3.66. The maximum atomic E-state index is 13.9. The van der Waals surface area contributed by atoms with E-state index in [4.69, 9.17) is 0 Å². The number of carbonyl (C=O) groups excluding carboxylic acids is 2. The highest BCUT2D eigenvalue weighted by Gasteiger charge is 2.32. The van der Waals surface area contributed by atoms with Crippen LogP contribution in [0.3, 0.4) is 0 Å². The second-order valence-electron chi connectivity index (χ2n) is 10.4. The van der Waals surface area contributed by atoms with Crippen LogP contribution in [0.15, 0.2) is 70.5 Å². The van der Waals surface area contributed by atoms with Gasteiger partial charge in [-0.3, -0.25) is 14.5 Å². The predicted octanol–water partition coefficient (Wildman–Crippen LogP) is 5.23. The number of fused-ring (bicyclic) bond motifs is 2. The van der Waals surface area contributed by atoms with Crippen molar-refractivity contribution in [3.05, 3.63) is 88.5 Å². The van der Waals surface area contributed by atoms with Gasteiger partial charge in [-0.15, -0.1) is 0 Å². The lowest BCUT2D eigenvalue weighted by Crippen LogP contribution is -2.42. The van der Waals surface area contributed by atoms with Crippen molar-refractivity contribution in [2.75, 3.05) is 24.5 Å². The van der Waals surface area contributed by atoms with Crippen molar-refractivity contribution in [2.45, 2.75) is 62.4 Å². The molecule has 0 saturated carbocycles. The molecule has 1 N–H and O–H groups in total. The summed E-state index contributed by atoms with van der Waals surface area (Å²) in [6, 6.07) is 19.0. The Bertz CT molecular complexity index is 1400. The van der Waals surface area contributed by atoms with E-state index in [2.05, 4.69) is 29.3 Å². The Kier molecular flexibility index (Phi) is 7.77. The first-order valence-electron chi connectivity index (χ1n) is 13.4. The van der Waals surface area contributed by atoms with Crippen LogP contribution in [0.5, 0.6) is 0 Å². The molecule has 0 unspecified atom stereocenters. The summed E-state index contributed by atoms with van der Waals surface area (Å²) in [5.74, 6) is -0.408. The minimum Gasteiger partial charge on any atom is -0.351 e. The highest BCUT2D eigenvalue weighted by molar-refractivity contribution is 7.85. The molecular formula is C31H35N3O3S. The van der Waals surface area contributed by atoms with Gasteiger partial charge in [-0.05, 0) is 81.6 Å². The second-order valence-corrected chi connectivity index (χ2v) is 11.8. The van der Waals surface area contributed by atoms with E-state index in [0.29, 0.717) is 45.7 Å². The van der Waals surface area contributed by atoms with Crippen molar-refractivity contribution in [2.24, 2.45) is 0 Å². The summed E-state index contributed by atoms with van der Waals surface area (Å²) in [5.41, 5.74) is 4.59. The first-order valence-corrected chi connectivity index (χ1v) is 14.5. The van der Waals surface area contributed by atoms with Crippen LogP contribution in [-0.2, 0) is 17.3 Å². The Balaban J connectivity index is 1.47. The van der Waals surface area contributed by atoms with Crippen molar-refractivity contribution in [3.63, 3.8) is 0 Å². The van der Waals surface area contributed by atoms with Crippen LogP contribution in [0, 0.1) is 13.8 Å². The van der Waals surface area contributed by atoms with Gasteiger partial charge in [0, 0.05) is 24.7 Å². The van der Waals surface area contributed by atoms with Crippen LogP contribution >= 0.6 is 0 Å². The maximum absolute atomic E-state index is 13.9. The largest absolute Gasteiger partial charge is 0.351 e. The van der Waals surface area contributed by atoms with Gasteiger partial charge in [0.1, 0.15) is 0 Å². The minimum absolute atomic E-state index is 0.191. The van der Waals surface area contributed by atoms with Crippen LogP contribution in [0.25, 0.3) is 0 Å². The molecule has 0 aliphatic carbocycles. The Morgan fingerprint density at radius 1 is 1.03 bits per heavy atom. The summed E-state index contributed by atoms with van der Waals surface area (Å²) in [4.78, 5) is 32.2. The highest BCUT2D eigenvalue weighted by Crippen LogP contribution is 2.36. The molecule has 2 aliphatic rings. The molecule has 2 atom stereocenters. The number of hydrogen-bond donors (Lipinski definition) is 1. The van der Waals surface area contributed by atoms with Crippen molar-refractivity contribution in [1.29, 1.82) is 0 Å². The van der Waals surface area contributed by atoms with Gasteiger partial charge in [0.25, 0.3) is 11.8 Å². The van der Waals surface area contributed by atoms with Gasteiger partial charge in [0.05, 0.1) is 38.4 Å². The molecule has 1 saturated heterocycles. The lowest BCUT2D eigenvalue weighted by atomic mass is 10.0. The van der Waals surface area contributed by atoms with Gasteiger partial charge in [0.15, 0.2) is 0 Å². The average molecular weight is 530 g/mol. The van der Waals surface area contributed by atoms with Gasteiger partial charge in [-0.2, -0.15) is 0 Å². The zero-order chi connectivity index (χ0) is 26.8. The van der Waals surface area contributed by atoms with E-state index in [1.54, 1.807) is 47.4 Å². The van der Waals surface area contributed by atoms with Gasteiger partial charge in [0.2, 0.25) is 0 Å². The van der Waals surface area contributed by atoms with Gasteiger partial charge in [-0.1, -0.05) is 42.3 Å². The molecule has 6 nitrogen and oxygen atoms in total. The second kappa shape index (κ2) is 11.2. The third-order valence-electron chi connectivity index (χ3n) is 7.73. The number of nitrogens with one attached hydrogen (secondary N) is 1. The topological polar surface area (TPSA) is 69.7 Å². The van der Waals surface area contributed by atoms with E-state index in [1.807, 2.05) is 19.9 Å². The van der Waals surface area contributed by atoms with E-state index in [1.165, 1.54) is 19.3 Å². The smallest absolute Gasteiger partial charge is 0.259 e. The fraction of sp³-hybridized carbons (Fsp3) is 0.355. The van der Waals surface area contributed by atoms with E-state index < -0.39 is 10.8 Å². The number of rotatable bonds is 6. The number of anilines is 1. The average Bonchev–Trinajstić information content (AvgIpc) is 3.01. The Hall–Kier alpha value is -3.29. The molecule has 198 valence electrons. The van der Waals surface area contributed by atoms with Crippen LogP contribution in [0.2, 0.25) is 0 Å². The number of carbonyl (C=O) groups is 2. The normalized spacial score (nSPS) is 19.4. The lowest BCUT2D eigenvalue weighted by Gasteiger charge is -2.33. The molecule has 2 aliphatic heterocycles. The summed E-state index contributed by atoms with van der Waals surface area (Å²) >= 11 is 0. The third-order valence-corrected chi connectivity index (χ3v) is 9.23. The molecule has 2 heterocycles. The number of likely N-dealkylation sites (tertiary alicyclic amines) is 1. The Morgan fingerprint density at radius 3 is 2.66 bits per heavy atom. The molecule has 2 amide bonds. The van der Waals surface area contributed by atoms with Crippen LogP contribution < -0.4 is 10.2 Å². The van der Waals surface area contributed by atoms with E-state index >= 15 is 0 Å². The Labute approximate surface area is 227 Å². The lowest BCUT2D eigenvalue weighted by molar-refractivity contribution is 0.0936. The molecule has 5 rings (SSSR count). The molecule has 0 radical (unpaired) electrons. The monoisotopic (exact) mass is 529 g/mol. The predicted molar refractivity (Wildman–Crippen MR) is 151 cm³/mol. The molecule has 0 spiro atoms. The van der Waals surface area contributed by atoms with Crippen LogP contribution in [0.1, 0.15) is 63.6 Å². The standard InChI is InChI=1S/C31H35N3O3S/c1-21-11-12-22(2)25(18-21)20-34-27-19-24(30(35)32-15-17-33-16-7-6-8-23(33)3)13-14-29(27)38(37)28-10-5-4-9-26(28)31(34)36/h4-5,9-14,18-19,23H,6-8,15-17,20H2,1-3H3,(H,32,35)/t23-,38-/m0/s1. The molecule has 7 heteroatoms. The first-order chi connectivity index (χ1) is 18.3. The number of amides is 2. The molecular weight excluding hydrogens is 494 g/mol. The zero-order valence-electron chi connectivity index (χ0n) is 22.3. The number of piperidine rings is 1. The summed E-state index contributed by atoms with van der Waals surface area (Å²) in [6.45, 7) is 9.06. The molecule has 3 aromatic carbocycles. The minimum atomic E-state index is -1.55. The number of nitrogens with zero attached hydrogens (tertiary/aromatic N) is 2. The van der Waals surface area contributed by atoms with Crippen molar-refractivity contribution < 1.29 is 13.8 Å². The maximum Gasteiger partial charge on any atom is 0.259 e. The first kappa shape index (κ1) is 26.3. The van der Waals surface area contributed by atoms with Crippen LogP contribution in [0.4, 0.5) is 5.69 Å². The number of benzene rings is 3. The van der Waals surface area contributed by atoms with Gasteiger partial charge < -0.3 is 10.2 Å². The number of aryl methyl sites for hydroxylation is 2.